The highest BCUT2D eigenvalue weighted by Crippen LogP contribution is 2.11. The highest BCUT2D eigenvalue weighted by atomic mass is 35.5. The average Bonchev–Trinajstić information content (AvgIpc) is 2.19. The molecule has 0 fully saturated rings. The molecule has 2 nitrogen and oxygen atoms in total. The van der Waals surface area contributed by atoms with Crippen molar-refractivity contribution in [1.82, 2.24) is 0 Å². The van der Waals surface area contributed by atoms with Crippen LogP contribution in [0, 0.1) is 0 Å². The fraction of sp³-hybridized carbons (Fsp3) is 0.364. The molecule has 1 unspecified atom stereocenters. The van der Waals surface area contributed by atoms with Gasteiger partial charge in [0.05, 0.1) is 0 Å². The van der Waals surface area contributed by atoms with Gasteiger partial charge in [-0.3, -0.25) is 9.00 Å². The molecule has 15 heavy (non-hydrogen) atoms. The summed E-state index contributed by atoms with van der Waals surface area (Å²) in [4.78, 5) is 10.7. The van der Waals surface area contributed by atoms with Gasteiger partial charge >= 0.3 is 0 Å². The molecule has 0 saturated heterocycles. The van der Waals surface area contributed by atoms with Gasteiger partial charge in [0.2, 0.25) is 0 Å². The third-order valence-electron chi connectivity index (χ3n) is 1.92. The molecule has 0 N–H and O–H groups in total. The topological polar surface area (TPSA) is 34.1 Å². The summed E-state index contributed by atoms with van der Waals surface area (Å²) in [6, 6.07) is 7.26. The van der Waals surface area contributed by atoms with Crippen LogP contribution in [0.1, 0.15) is 18.9 Å². The Bertz CT molecular complexity index is 359. The molecule has 0 amide bonds. The van der Waals surface area contributed by atoms with Crippen LogP contribution in [0.15, 0.2) is 24.3 Å². The Morgan fingerprint density at radius 1 is 1.33 bits per heavy atom. The lowest BCUT2D eigenvalue weighted by Crippen LogP contribution is -2.04. The Morgan fingerprint density at radius 3 is 2.47 bits per heavy atom. The third-order valence-corrected chi connectivity index (χ3v) is 3.49. The number of hydrogen-bond donors (Lipinski definition) is 0. The first kappa shape index (κ1) is 12.4. The van der Waals surface area contributed by atoms with E-state index in [1.807, 2.05) is 12.1 Å². The first-order valence-electron chi connectivity index (χ1n) is 4.67. The number of hydrogen-bond acceptors (Lipinski definition) is 2. The van der Waals surface area contributed by atoms with Crippen LogP contribution in [0.2, 0.25) is 5.02 Å². The van der Waals surface area contributed by atoms with E-state index in [0.717, 1.165) is 5.56 Å². The number of rotatable bonds is 5. The largest absolute Gasteiger partial charge is 0.300 e. The molecule has 0 heterocycles. The molecule has 0 bridgehead atoms. The molecule has 1 atom stereocenters. The van der Waals surface area contributed by atoms with Crippen molar-refractivity contribution in [3.8, 4) is 0 Å². The normalized spacial score (nSPS) is 12.4. The second-order valence-electron chi connectivity index (χ2n) is 3.37. The van der Waals surface area contributed by atoms with Crippen molar-refractivity contribution < 1.29 is 9.00 Å². The quantitative estimate of drug-likeness (QED) is 0.798. The van der Waals surface area contributed by atoms with Gasteiger partial charge in [-0.2, -0.15) is 0 Å². The summed E-state index contributed by atoms with van der Waals surface area (Å²) >= 11 is 5.73. The van der Waals surface area contributed by atoms with Crippen molar-refractivity contribution in [1.29, 1.82) is 0 Å². The van der Waals surface area contributed by atoms with E-state index < -0.39 is 10.8 Å². The number of carbonyl (C=O) groups is 1. The Hall–Kier alpha value is -0.670. The Labute approximate surface area is 97.1 Å². The van der Waals surface area contributed by atoms with Crippen LogP contribution >= 0.6 is 11.6 Å². The Morgan fingerprint density at radius 2 is 1.93 bits per heavy atom. The predicted octanol–water partition coefficient (Wildman–Crippen LogP) is 2.57. The molecular weight excluding hydrogens is 232 g/mol. The lowest BCUT2D eigenvalue weighted by molar-refractivity contribution is -0.116. The average molecular weight is 245 g/mol. The van der Waals surface area contributed by atoms with Crippen molar-refractivity contribution in [2.45, 2.75) is 19.1 Å². The summed E-state index contributed by atoms with van der Waals surface area (Å²) in [5, 5.41) is 0.674. The van der Waals surface area contributed by atoms with Gasteiger partial charge in [0, 0.05) is 33.7 Å². The third kappa shape index (κ3) is 5.09. The maximum absolute atomic E-state index is 11.5. The first-order valence-corrected chi connectivity index (χ1v) is 6.53. The van der Waals surface area contributed by atoms with Crippen molar-refractivity contribution in [2.75, 3.05) is 5.75 Å². The summed E-state index contributed by atoms with van der Waals surface area (Å²) in [6.07, 6.45) is 0.389. The summed E-state index contributed by atoms with van der Waals surface area (Å²) < 4.78 is 11.5. The standard InChI is InChI=1S/C11H13ClO2S/c1-9(13)6-7-15(14)8-10-2-4-11(12)5-3-10/h2-5H,6-8H2,1H3. The van der Waals surface area contributed by atoms with Crippen LogP contribution in [-0.4, -0.2) is 15.7 Å². The first-order chi connectivity index (χ1) is 7.08. The predicted molar refractivity (Wildman–Crippen MR) is 63.5 cm³/mol. The monoisotopic (exact) mass is 244 g/mol. The SMILES string of the molecule is CC(=O)CCS(=O)Cc1ccc(Cl)cc1. The van der Waals surface area contributed by atoms with Crippen molar-refractivity contribution in [2.24, 2.45) is 0 Å². The number of Topliss-reactive ketones (excluding diaryl/α,β-unsaturated/α-hetero) is 1. The minimum Gasteiger partial charge on any atom is -0.300 e. The van der Waals surface area contributed by atoms with Gasteiger partial charge in [-0.1, -0.05) is 23.7 Å². The van der Waals surface area contributed by atoms with Crippen LogP contribution in [0.5, 0.6) is 0 Å². The minimum atomic E-state index is -0.962. The second kappa shape index (κ2) is 6.03. The van der Waals surface area contributed by atoms with Crippen LogP contribution in [0.25, 0.3) is 0 Å². The molecule has 0 aliphatic heterocycles. The van der Waals surface area contributed by atoms with E-state index in [4.69, 9.17) is 11.6 Å². The summed E-state index contributed by atoms with van der Waals surface area (Å²) in [7, 11) is -0.962. The van der Waals surface area contributed by atoms with Gasteiger partial charge in [0.1, 0.15) is 5.78 Å². The van der Waals surface area contributed by atoms with E-state index in [2.05, 4.69) is 0 Å². The van der Waals surface area contributed by atoms with E-state index in [9.17, 15) is 9.00 Å². The van der Waals surface area contributed by atoms with Gasteiger partial charge in [0.25, 0.3) is 0 Å². The fourth-order valence-electron chi connectivity index (χ4n) is 1.10. The Kier molecular flexibility index (Phi) is 4.99. The van der Waals surface area contributed by atoms with Gasteiger partial charge in [-0.15, -0.1) is 0 Å². The number of halogens is 1. The molecule has 1 aromatic rings. The van der Waals surface area contributed by atoms with E-state index >= 15 is 0 Å². The molecule has 0 aromatic heterocycles. The zero-order valence-electron chi connectivity index (χ0n) is 8.53. The molecule has 1 rings (SSSR count). The number of ketones is 1. The molecule has 1 aromatic carbocycles. The summed E-state index contributed by atoms with van der Waals surface area (Å²) in [5.41, 5.74) is 0.987. The van der Waals surface area contributed by atoms with Gasteiger partial charge in [-0.05, 0) is 24.6 Å². The molecule has 0 spiro atoms. The lowest BCUT2D eigenvalue weighted by Gasteiger charge is -2.01. The fourth-order valence-corrected chi connectivity index (χ4v) is 2.45. The van der Waals surface area contributed by atoms with Crippen LogP contribution in [0.4, 0.5) is 0 Å². The highest BCUT2D eigenvalue weighted by Gasteiger charge is 2.03. The summed E-state index contributed by atoms with van der Waals surface area (Å²) in [6.45, 7) is 1.51. The van der Waals surface area contributed by atoms with Crippen molar-refractivity contribution in [3.63, 3.8) is 0 Å². The van der Waals surface area contributed by atoms with E-state index in [1.165, 1.54) is 6.92 Å². The molecule has 0 saturated carbocycles. The molecule has 82 valence electrons. The molecule has 4 heteroatoms. The Balaban J connectivity index is 2.44. The molecular formula is C11H13ClO2S. The van der Waals surface area contributed by atoms with Crippen molar-refractivity contribution in [3.05, 3.63) is 34.9 Å². The molecule has 0 radical (unpaired) electrons. The maximum Gasteiger partial charge on any atom is 0.130 e. The zero-order chi connectivity index (χ0) is 11.3. The lowest BCUT2D eigenvalue weighted by atomic mass is 10.2. The van der Waals surface area contributed by atoms with E-state index in [1.54, 1.807) is 12.1 Å². The van der Waals surface area contributed by atoms with Crippen LogP contribution in [0.3, 0.4) is 0 Å². The summed E-state index contributed by atoms with van der Waals surface area (Å²) in [5.74, 6) is 1.02. The second-order valence-corrected chi connectivity index (χ2v) is 5.38. The number of benzene rings is 1. The van der Waals surface area contributed by atoms with Crippen molar-refractivity contribution >= 4 is 28.2 Å². The minimum absolute atomic E-state index is 0.0828. The van der Waals surface area contributed by atoms with E-state index in [0.29, 0.717) is 22.9 Å². The molecule has 0 aliphatic carbocycles. The van der Waals surface area contributed by atoms with Gasteiger partial charge in [0.15, 0.2) is 0 Å². The number of carbonyl (C=O) groups excluding carboxylic acids is 1. The van der Waals surface area contributed by atoms with Gasteiger partial charge < -0.3 is 0 Å². The van der Waals surface area contributed by atoms with E-state index in [-0.39, 0.29) is 5.78 Å². The molecule has 0 aliphatic rings. The zero-order valence-corrected chi connectivity index (χ0v) is 10.1. The van der Waals surface area contributed by atoms with Crippen LogP contribution < -0.4 is 0 Å². The highest BCUT2D eigenvalue weighted by molar-refractivity contribution is 7.84. The smallest absolute Gasteiger partial charge is 0.130 e. The van der Waals surface area contributed by atoms with Gasteiger partial charge in [-0.25, -0.2) is 0 Å². The maximum atomic E-state index is 11.5. The van der Waals surface area contributed by atoms with Crippen LogP contribution in [-0.2, 0) is 21.3 Å².